The molecule has 1 heterocycles. The standard InChI is InChI=1S/C15H22FN3O2/c1-3-18(10-12-4-6-17-7-5-12)14-8-11(2)13(16)9-15(14)19(20)21/h8-9,12,17H,3-7,10H2,1-2H3. The van der Waals surface area contributed by atoms with Crippen LogP contribution in [0, 0.1) is 28.8 Å². The highest BCUT2D eigenvalue weighted by molar-refractivity contribution is 5.64. The molecule has 0 unspecified atom stereocenters. The first-order valence-electron chi connectivity index (χ1n) is 7.43. The zero-order valence-corrected chi connectivity index (χ0v) is 12.6. The zero-order chi connectivity index (χ0) is 15.4. The average Bonchev–Trinajstić information content (AvgIpc) is 2.48. The van der Waals surface area contributed by atoms with E-state index >= 15 is 0 Å². The number of hydrogen-bond donors (Lipinski definition) is 1. The number of halogens is 1. The third-order valence-corrected chi connectivity index (χ3v) is 4.11. The number of nitrogens with one attached hydrogen (secondary N) is 1. The molecule has 1 aromatic carbocycles. The molecule has 1 saturated heterocycles. The third-order valence-electron chi connectivity index (χ3n) is 4.11. The van der Waals surface area contributed by atoms with E-state index in [-0.39, 0.29) is 5.69 Å². The summed E-state index contributed by atoms with van der Waals surface area (Å²) in [5.74, 6) is -0.000433. The van der Waals surface area contributed by atoms with Gasteiger partial charge in [-0.25, -0.2) is 4.39 Å². The summed E-state index contributed by atoms with van der Waals surface area (Å²) in [6, 6.07) is 2.63. The molecule has 1 N–H and O–H groups in total. The van der Waals surface area contributed by atoms with E-state index < -0.39 is 10.7 Å². The molecule has 0 spiro atoms. The molecule has 21 heavy (non-hydrogen) atoms. The summed E-state index contributed by atoms with van der Waals surface area (Å²) in [6.07, 6.45) is 2.15. The van der Waals surface area contributed by atoms with Gasteiger partial charge in [-0.15, -0.1) is 0 Å². The first-order chi connectivity index (χ1) is 10.0. The maximum atomic E-state index is 13.6. The van der Waals surface area contributed by atoms with Crippen LogP contribution in [0.2, 0.25) is 0 Å². The van der Waals surface area contributed by atoms with E-state index in [4.69, 9.17) is 0 Å². The molecule has 0 saturated carbocycles. The highest BCUT2D eigenvalue weighted by Gasteiger charge is 2.24. The third kappa shape index (κ3) is 3.69. The summed E-state index contributed by atoms with van der Waals surface area (Å²) in [5.41, 5.74) is 0.827. The molecule has 0 aliphatic carbocycles. The number of benzene rings is 1. The molecule has 0 atom stereocenters. The first-order valence-corrected chi connectivity index (χ1v) is 7.43. The van der Waals surface area contributed by atoms with Gasteiger partial charge in [0.1, 0.15) is 11.5 Å². The Labute approximate surface area is 124 Å². The fraction of sp³-hybridized carbons (Fsp3) is 0.600. The summed E-state index contributed by atoms with van der Waals surface area (Å²) in [6.45, 7) is 7.06. The maximum Gasteiger partial charge on any atom is 0.295 e. The number of anilines is 1. The Morgan fingerprint density at radius 1 is 1.43 bits per heavy atom. The number of hydrogen-bond acceptors (Lipinski definition) is 4. The second-order valence-electron chi connectivity index (χ2n) is 5.58. The van der Waals surface area contributed by atoms with Crippen molar-refractivity contribution >= 4 is 11.4 Å². The molecule has 2 rings (SSSR count). The van der Waals surface area contributed by atoms with Gasteiger partial charge >= 0.3 is 0 Å². The number of nitro groups is 1. The lowest BCUT2D eigenvalue weighted by atomic mass is 9.97. The zero-order valence-electron chi connectivity index (χ0n) is 12.6. The van der Waals surface area contributed by atoms with Gasteiger partial charge in [0.2, 0.25) is 0 Å². The number of aryl methyl sites for hydroxylation is 1. The first kappa shape index (κ1) is 15.7. The Morgan fingerprint density at radius 3 is 2.67 bits per heavy atom. The molecule has 0 aromatic heterocycles. The van der Waals surface area contributed by atoms with Crippen LogP contribution in [0.1, 0.15) is 25.3 Å². The summed E-state index contributed by atoms with van der Waals surface area (Å²) in [5, 5.41) is 14.5. The normalized spacial score (nSPS) is 16.0. The van der Waals surface area contributed by atoms with E-state index in [9.17, 15) is 14.5 Å². The summed E-state index contributed by atoms with van der Waals surface area (Å²) < 4.78 is 13.6. The van der Waals surface area contributed by atoms with Crippen molar-refractivity contribution in [2.75, 3.05) is 31.1 Å². The molecule has 0 bridgehead atoms. The van der Waals surface area contributed by atoms with Crippen LogP contribution >= 0.6 is 0 Å². The fourth-order valence-corrected chi connectivity index (χ4v) is 2.83. The van der Waals surface area contributed by atoms with Gasteiger partial charge in [0.05, 0.1) is 11.0 Å². The van der Waals surface area contributed by atoms with Gasteiger partial charge in [-0.05, 0) is 57.3 Å². The van der Waals surface area contributed by atoms with Crippen LogP contribution < -0.4 is 10.2 Å². The van der Waals surface area contributed by atoms with Gasteiger partial charge in [0.15, 0.2) is 0 Å². The molecule has 5 nitrogen and oxygen atoms in total. The van der Waals surface area contributed by atoms with Crippen molar-refractivity contribution in [2.24, 2.45) is 5.92 Å². The van der Waals surface area contributed by atoms with Crippen LogP contribution in [0.15, 0.2) is 12.1 Å². The molecular formula is C15H22FN3O2. The molecule has 1 aliphatic rings. The van der Waals surface area contributed by atoms with Crippen molar-refractivity contribution in [3.63, 3.8) is 0 Å². The SMILES string of the molecule is CCN(CC1CCNCC1)c1cc(C)c(F)cc1[N+](=O)[O-]. The number of nitro benzene ring substituents is 1. The highest BCUT2D eigenvalue weighted by atomic mass is 19.1. The lowest BCUT2D eigenvalue weighted by Gasteiger charge is -2.30. The largest absolute Gasteiger partial charge is 0.366 e. The monoisotopic (exact) mass is 295 g/mol. The number of nitrogens with zero attached hydrogens (tertiary/aromatic N) is 2. The predicted molar refractivity (Wildman–Crippen MR) is 81.3 cm³/mol. The molecule has 116 valence electrons. The van der Waals surface area contributed by atoms with E-state index in [1.807, 2.05) is 11.8 Å². The Hall–Kier alpha value is -1.69. The van der Waals surface area contributed by atoms with E-state index in [1.54, 1.807) is 13.0 Å². The Morgan fingerprint density at radius 2 is 2.10 bits per heavy atom. The molecule has 1 aromatic rings. The van der Waals surface area contributed by atoms with Crippen LogP contribution in [-0.4, -0.2) is 31.1 Å². The van der Waals surface area contributed by atoms with E-state index in [0.717, 1.165) is 38.5 Å². The van der Waals surface area contributed by atoms with E-state index in [1.165, 1.54) is 0 Å². The average molecular weight is 295 g/mol. The minimum Gasteiger partial charge on any atom is -0.366 e. The summed E-state index contributed by atoms with van der Waals surface area (Å²) >= 11 is 0. The van der Waals surface area contributed by atoms with Gasteiger partial charge < -0.3 is 10.2 Å². The molecular weight excluding hydrogens is 273 g/mol. The highest BCUT2D eigenvalue weighted by Crippen LogP contribution is 2.32. The van der Waals surface area contributed by atoms with Crippen molar-refractivity contribution in [3.8, 4) is 0 Å². The minimum absolute atomic E-state index is 0.145. The second-order valence-corrected chi connectivity index (χ2v) is 5.58. The Balaban J connectivity index is 2.27. The second kappa shape index (κ2) is 6.85. The quantitative estimate of drug-likeness (QED) is 0.670. The number of rotatable bonds is 5. The van der Waals surface area contributed by atoms with E-state index in [0.29, 0.717) is 23.7 Å². The van der Waals surface area contributed by atoms with E-state index in [2.05, 4.69) is 5.32 Å². The number of piperidine rings is 1. The maximum absolute atomic E-state index is 13.6. The van der Waals surface area contributed by atoms with Crippen LogP contribution in [0.25, 0.3) is 0 Å². The van der Waals surface area contributed by atoms with Crippen LogP contribution in [0.4, 0.5) is 15.8 Å². The van der Waals surface area contributed by atoms with Crippen LogP contribution in [0.5, 0.6) is 0 Å². The Kier molecular flexibility index (Phi) is 5.12. The molecule has 0 amide bonds. The van der Waals surface area contributed by atoms with Crippen LogP contribution in [0.3, 0.4) is 0 Å². The van der Waals surface area contributed by atoms with Crippen molar-refractivity contribution in [1.29, 1.82) is 0 Å². The van der Waals surface area contributed by atoms with Crippen molar-refractivity contribution in [2.45, 2.75) is 26.7 Å². The van der Waals surface area contributed by atoms with Gasteiger partial charge in [-0.1, -0.05) is 0 Å². The lowest BCUT2D eigenvalue weighted by molar-refractivity contribution is -0.384. The molecule has 1 fully saturated rings. The van der Waals surface area contributed by atoms with Crippen molar-refractivity contribution < 1.29 is 9.31 Å². The lowest BCUT2D eigenvalue weighted by Crippen LogP contribution is -2.36. The molecule has 0 radical (unpaired) electrons. The Bertz CT molecular complexity index is 516. The minimum atomic E-state index is -0.525. The van der Waals surface area contributed by atoms with Gasteiger partial charge in [-0.2, -0.15) is 0 Å². The predicted octanol–water partition coefficient (Wildman–Crippen LogP) is 2.87. The summed E-state index contributed by atoms with van der Waals surface area (Å²) in [4.78, 5) is 12.7. The van der Waals surface area contributed by atoms with Gasteiger partial charge in [-0.3, -0.25) is 10.1 Å². The summed E-state index contributed by atoms with van der Waals surface area (Å²) in [7, 11) is 0. The fourth-order valence-electron chi connectivity index (χ4n) is 2.83. The van der Waals surface area contributed by atoms with Gasteiger partial charge in [0, 0.05) is 13.1 Å². The topological polar surface area (TPSA) is 58.4 Å². The van der Waals surface area contributed by atoms with Crippen molar-refractivity contribution in [3.05, 3.63) is 33.6 Å². The van der Waals surface area contributed by atoms with Crippen LogP contribution in [-0.2, 0) is 0 Å². The van der Waals surface area contributed by atoms with Crippen molar-refractivity contribution in [1.82, 2.24) is 5.32 Å². The smallest absolute Gasteiger partial charge is 0.295 e. The van der Waals surface area contributed by atoms with Gasteiger partial charge in [0.25, 0.3) is 5.69 Å². The molecule has 6 heteroatoms. The molecule has 1 aliphatic heterocycles.